The van der Waals surface area contributed by atoms with Gasteiger partial charge < -0.3 is 15.4 Å². The number of guanidine groups is 1. The molecule has 0 aliphatic carbocycles. The summed E-state index contributed by atoms with van der Waals surface area (Å²) in [6.45, 7) is 4.67. The number of nitrogens with zero attached hydrogens (tertiary/aromatic N) is 1. The molecule has 1 heterocycles. The smallest absolute Gasteiger partial charge is 0.191 e. The highest BCUT2D eigenvalue weighted by atomic mass is 32.2. The summed E-state index contributed by atoms with van der Waals surface area (Å²) >= 11 is 0. The molecule has 1 aromatic carbocycles. The van der Waals surface area contributed by atoms with Crippen LogP contribution in [-0.4, -0.2) is 58.2 Å². The van der Waals surface area contributed by atoms with Crippen LogP contribution in [-0.2, 0) is 21.0 Å². The van der Waals surface area contributed by atoms with E-state index in [2.05, 4.69) is 27.8 Å². The number of benzene rings is 1. The monoisotopic (exact) mass is 367 g/mol. The van der Waals surface area contributed by atoms with E-state index in [0.29, 0.717) is 32.0 Å². The summed E-state index contributed by atoms with van der Waals surface area (Å²) < 4.78 is 29.2. The molecular formula is C18H29N3O3S. The maximum Gasteiger partial charge on any atom is 0.191 e. The van der Waals surface area contributed by atoms with Crippen molar-refractivity contribution >= 4 is 15.8 Å². The van der Waals surface area contributed by atoms with Gasteiger partial charge in [-0.25, -0.2) is 8.42 Å². The Bertz CT molecular complexity index is 653. The van der Waals surface area contributed by atoms with Crippen LogP contribution in [0, 0.1) is 0 Å². The van der Waals surface area contributed by atoms with Gasteiger partial charge in [-0.2, -0.15) is 0 Å². The van der Waals surface area contributed by atoms with Crippen LogP contribution in [0.1, 0.15) is 25.3 Å². The van der Waals surface area contributed by atoms with Crippen LogP contribution in [0.2, 0.25) is 0 Å². The first kappa shape index (κ1) is 19.7. The van der Waals surface area contributed by atoms with Crippen molar-refractivity contribution in [2.24, 2.45) is 4.99 Å². The summed E-state index contributed by atoms with van der Waals surface area (Å²) in [7, 11) is -3.20. The molecule has 0 radical (unpaired) electrons. The molecule has 25 heavy (non-hydrogen) atoms. The Morgan fingerprint density at radius 2 is 1.88 bits per heavy atom. The lowest BCUT2D eigenvalue weighted by atomic mass is 9.99. The predicted octanol–water partition coefficient (Wildman–Crippen LogP) is 1.38. The van der Waals surface area contributed by atoms with E-state index in [9.17, 15) is 8.42 Å². The fourth-order valence-corrected chi connectivity index (χ4v) is 4.13. The Morgan fingerprint density at radius 1 is 1.20 bits per heavy atom. The molecule has 1 aromatic rings. The first-order valence-corrected chi connectivity index (χ1v) is 10.7. The Labute approximate surface area is 151 Å². The molecule has 2 rings (SSSR count). The molecule has 0 saturated carbocycles. The van der Waals surface area contributed by atoms with Gasteiger partial charge in [0.25, 0.3) is 0 Å². The third-order valence-electron chi connectivity index (χ3n) is 4.61. The van der Waals surface area contributed by atoms with Crippen molar-refractivity contribution in [2.75, 3.05) is 39.1 Å². The van der Waals surface area contributed by atoms with Gasteiger partial charge in [0.1, 0.15) is 0 Å². The molecule has 1 fully saturated rings. The molecule has 6 nitrogen and oxygen atoms in total. The fourth-order valence-electron chi connectivity index (χ4n) is 2.92. The average molecular weight is 368 g/mol. The van der Waals surface area contributed by atoms with Crippen LogP contribution >= 0.6 is 0 Å². The summed E-state index contributed by atoms with van der Waals surface area (Å²) in [6, 6.07) is 10.2. The molecule has 0 bridgehead atoms. The highest BCUT2D eigenvalue weighted by molar-refractivity contribution is 7.92. The molecule has 2 N–H and O–H groups in total. The van der Waals surface area contributed by atoms with Crippen molar-refractivity contribution in [3.05, 3.63) is 35.9 Å². The molecule has 0 spiro atoms. The zero-order chi connectivity index (χ0) is 18.2. The summed E-state index contributed by atoms with van der Waals surface area (Å²) in [5, 5.41) is 6.48. The third kappa shape index (κ3) is 5.71. The Balaban J connectivity index is 1.99. The highest BCUT2D eigenvalue weighted by Crippen LogP contribution is 2.29. The minimum atomic E-state index is -3.20. The SMILES string of the molecule is CCNC(=NCC1(S(C)(=O)=O)CCOCC1)NCCc1ccccc1. The van der Waals surface area contributed by atoms with Crippen molar-refractivity contribution in [2.45, 2.75) is 30.9 Å². The number of nitrogens with one attached hydrogen (secondary N) is 2. The first-order valence-electron chi connectivity index (χ1n) is 8.80. The van der Waals surface area contributed by atoms with E-state index >= 15 is 0 Å². The van der Waals surface area contributed by atoms with Gasteiger partial charge in [-0.15, -0.1) is 0 Å². The van der Waals surface area contributed by atoms with E-state index in [1.165, 1.54) is 11.8 Å². The number of ether oxygens (including phenoxy) is 1. The van der Waals surface area contributed by atoms with Crippen molar-refractivity contribution in [1.29, 1.82) is 0 Å². The zero-order valence-electron chi connectivity index (χ0n) is 15.1. The zero-order valence-corrected chi connectivity index (χ0v) is 15.9. The largest absolute Gasteiger partial charge is 0.381 e. The quantitative estimate of drug-likeness (QED) is 0.562. The summed E-state index contributed by atoms with van der Waals surface area (Å²) in [5.74, 6) is 0.660. The molecule has 0 atom stereocenters. The van der Waals surface area contributed by atoms with Crippen LogP contribution in [0.4, 0.5) is 0 Å². The molecular weight excluding hydrogens is 338 g/mol. The van der Waals surface area contributed by atoms with E-state index in [1.54, 1.807) is 0 Å². The lowest BCUT2D eigenvalue weighted by Crippen LogP contribution is -2.47. The molecule has 140 valence electrons. The second kappa shape index (κ2) is 9.20. The standard InChI is InChI=1S/C18H29N3O3S/c1-3-19-17(20-12-9-16-7-5-4-6-8-16)21-15-18(25(2,22)23)10-13-24-14-11-18/h4-8H,3,9-15H2,1-2H3,(H2,19,20,21). The summed E-state index contributed by atoms with van der Waals surface area (Å²) in [4.78, 5) is 4.57. The second-order valence-corrected chi connectivity index (χ2v) is 8.84. The van der Waals surface area contributed by atoms with Gasteiger partial charge in [0.2, 0.25) is 0 Å². The molecule has 0 aromatic heterocycles. The normalized spacial score (nSPS) is 17.9. The predicted molar refractivity (Wildman–Crippen MR) is 102 cm³/mol. The van der Waals surface area contributed by atoms with Gasteiger partial charge in [0, 0.05) is 32.6 Å². The third-order valence-corrected chi connectivity index (χ3v) is 6.72. The van der Waals surface area contributed by atoms with Crippen LogP contribution in [0.3, 0.4) is 0 Å². The van der Waals surface area contributed by atoms with E-state index in [-0.39, 0.29) is 6.54 Å². The van der Waals surface area contributed by atoms with Crippen LogP contribution in [0.15, 0.2) is 35.3 Å². The average Bonchev–Trinajstić information content (AvgIpc) is 2.60. The van der Waals surface area contributed by atoms with Gasteiger partial charge in [-0.3, -0.25) is 4.99 Å². The molecule has 0 amide bonds. The van der Waals surface area contributed by atoms with E-state index in [4.69, 9.17) is 4.74 Å². The van der Waals surface area contributed by atoms with E-state index in [1.807, 2.05) is 25.1 Å². The maximum absolute atomic E-state index is 12.3. The Morgan fingerprint density at radius 3 is 2.48 bits per heavy atom. The Hall–Kier alpha value is -1.60. The van der Waals surface area contributed by atoms with Crippen molar-refractivity contribution in [3.8, 4) is 0 Å². The molecule has 1 saturated heterocycles. The van der Waals surface area contributed by atoms with E-state index in [0.717, 1.165) is 19.5 Å². The van der Waals surface area contributed by atoms with Gasteiger partial charge in [-0.05, 0) is 31.7 Å². The van der Waals surface area contributed by atoms with Crippen LogP contribution < -0.4 is 10.6 Å². The van der Waals surface area contributed by atoms with Gasteiger partial charge in [0.15, 0.2) is 15.8 Å². The molecule has 0 unspecified atom stereocenters. The maximum atomic E-state index is 12.3. The minimum absolute atomic E-state index is 0.260. The van der Waals surface area contributed by atoms with Crippen molar-refractivity contribution < 1.29 is 13.2 Å². The number of rotatable bonds is 7. The van der Waals surface area contributed by atoms with Gasteiger partial charge in [0.05, 0.1) is 11.3 Å². The molecule has 7 heteroatoms. The van der Waals surface area contributed by atoms with Crippen LogP contribution in [0.5, 0.6) is 0 Å². The first-order chi connectivity index (χ1) is 12.0. The topological polar surface area (TPSA) is 79.8 Å². The summed E-state index contributed by atoms with van der Waals surface area (Å²) in [5.41, 5.74) is 1.25. The molecule has 1 aliphatic rings. The minimum Gasteiger partial charge on any atom is -0.381 e. The van der Waals surface area contributed by atoms with Gasteiger partial charge in [-0.1, -0.05) is 30.3 Å². The van der Waals surface area contributed by atoms with Crippen LogP contribution in [0.25, 0.3) is 0 Å². The lowest BCUT2D eigenvalue weighted by molar-refractivity contribution is 0.0768. The number of hydrogen-bond donors (Lipinski definition) is 2. The number of sulfone groups is 1. The van der Waals surface area contributed by atoms with Crippen molar-refractivity contribution in [3.63, 3.8) is 0 Å². The fraction of sp³-hybridized carbons (Fsp3) is 0.611. The highest BCUT2D eigenvalue weighted by Gasteiger charge is 2.42. The second-order valence-electron chi connectivity index (χ2n) is 6.43. The molecule has 1 aliphatic heterocycles. The number of hydrogen-bond acceptors (Lipinski definition) is 4. The number of aliphatic imine (C=N–C) groups is 1. The summed E-state index contributed by atoms with van der Waals surface area (Å²) in [6.07, 6.45) is 3.19. The van der Waals surface area contributed by atoms with E-state index < -0.39 is 14.6 Å². The van der Waals surface area contributed by atoms with Crippen molar-refractivity contribution in [1.82, 2.24) is 10.6 Å². The van der Waals surface area contributed by atoms with Gasteiger partial charge >= 0.3 is 0 Å². The Kier molecular flexibility index (Phi) is 7.25. The lowest BCUT2D eigenvalue weighted by Gasteiger charge is -2.34.